The number of methoxy groups -OCH3 is 1. The van der Waals surface area contributed by atoms with E-state index in [2.05, 4.69) is 20.7 Å². The van der Waals surface area contributed by atoms with Crippen LogP contribution in [0.15, 0.2) is 24.3 Å². The Morgan fingerprint density at radius 2 is 2.20 bits per heavy atom. The minimum absolute atomic E-state index is 0.689. The van der Waals surface area contributed by atoms with E-state index in [1.54, 1.807) is 7.11 Å². The summed E-state index contributed by atoms with van der Waals surface area (Å²) in [5, 5.41) is 4.42. The van der Waals surface area contributed by atoms with Gasteiger partial charge in [-0.2, -0.15) is 5.10 Å². The second-order valence-electron chi connectivity index (χ2n) is 4.78. The van der Waals surface area contributed by atoms with Crippen molar-refractivity contribution in [3.8, 4) is 5.75 Å². The third kappa shape index (κ3) is 2.02. The molecule has 0 unspecified atom stereocenters. The number of benzene rings is 1. The Balaban J connectivity index is 2.10. The van der Waals surface area contributed by atoms with Crippen LogP contribution in [0, 0.1) is 11.7 Å². The molecule has 0 aliphatic heterocycles. The topological polar surface area (TPSA) is 47.8 Å². The standard InChI is InChI=1S/C14H16N4OS/c1-9-12-13(17(2)16-9)18(14(20)15-12)8-10-5-4-6-11(7-10)19-3/h4-7H,8H2,1-3H3,(H,15,20). The maximum absolute atomic E-state index is 5.42. The summed E-state index contributed by atoms with van der Waals surface area (Å²) < 4.78 is 9.88. The molecule has 1 N–H and O–H groups in total. The van der Waals surface area contributed by atoms with Crippen molar-refractivity contribution >= 4 is 23.4 Å². The number of aromatic nitrogens is 4. The lowest BCUT2D eigenvalue weighted by molar-refractivity contribution is 0.414. The Morgan fingerprint density at radius 3 is 2.95 bits per heavy atom. The Bertz CT molecular complexity index is 827. The fourth-order valence-corrected chi connectivity index (χ4v) is 2.73. The molecule has 0 fully saturated rings. The maximum atomic E-state index is 5.42. The van der Waals surface area contributed by atoms with Crippen LogP contribution in [0.2, 0.25) is 0 Å². The number of aromatic amines is 1. The molecule has 0 aliphatic carbocycles. The number of fused-ring (bicyclic) bond motifs is 1. The summed E-state index contributed by atoms with van der Waals surface area (Å²) in [5.74, 6) is 0.849. The lowest BCUT2D eigenvalue weighted by Gasteiger charge is -2.07. The molecule has 0 radical (unpaired) electrons. The highest BCUT2D eigenvalue weighted by molar-refractivity contribution is 7.71. The molecule has 0 amide bonds. The fourth-order valence-electron chi connectivity index (χ4n) is 2.47. The van der Waals surface area contributed by atoms with Crippen molar-refractivity contribution in [2.75, 3.05) is 7.11 Å². The molecular formula is C14H16N4OS. The van der Waals surface area contributed by atoms with Crippen molar-refractivity contribution in [1.29, 1.82) is 0 Å². The third-order valence-corrected chi connectivity index (χ3v) is 3.72. The van der Waals surface area contributed by atoms with Gasteiger partial charge in [0.05, 0.1) is 19.3 Å². The van der Waals surface area contributed by atoms with Gasteiger partial charge >= 0.3 is 0 Å². The van der Waals surface area contributed by atoms with Gasteiger partial charge in [-0.3, -0.25) is 9.25 Å². The van der Waals surface area contributed by atoms with E-state index in [1.807, 2.05) is 36.9 Å². The Labute approximate surface area is 121 Å². The van der Waals surface area contributed by atoms with E-state index in [4.69, 9.17) is 17.0 Å². The molecule has 3 aromatic rings. The first-order valence-electron chi connectivity index (χ1n) is 6.35. The first-order chi connectivity index (χ1) is 9.60. The largest absolute Gasteiger partial charge is 0.497 e. The number of rotatable bonds is 3. The molecule has 1 aromatic carbocycles. The van der Waals surface area contributed by atoms with Gasteiger partial charge in [0.15, 0.2) is 10.4 Å². The van der Waals surface area contributed by atoms with Crippen LogP contribution in [0.4, 0.5) is 0 Å². The number of ether oxygens (including phenoxy) is 1. The van der Waals surface area contributed by atoms with E-state index in [1.165, 1.54) is 0 Å². The molecule has 2 aromatic heterocycles. The van der Waals surface area contributed by atoms with Gasteiger partial charge in [-0.15, -0.1) is 0 Å². The Hall–Kier alpha value is -2.08. The third-order valence-electron chi connectivity index (χ3n) is 3.40. The van der Waals surface area contributed by atoms with Crippen LogP contribution in [-0.4, -0.2) is 26.4 Å². The zero-order valence-electron chi connectivity index (χ0n) is 11.7. The van der Waals surface area contributed by atoms with Crippen LogP contribution < -0.4 is 4.74 Å². The number of H-pyrrole nitrogens is 1. The molecule has 5 nitrogen and oxygen atoms in total. The van der Waals surface area contributed by atoms with Gasteiger partial charge in [0.1, 0.15) is 11.3 Å². The molecule has 0 spiro atoms. The van der Waals surface area contributed by atoms with E-state index in [0.29, 0.717) is 11.3 Å². The number of hydrogen-bond acceptors (Lipinski definition) is 3. The summed E-state index contributed by atoms with van der Waals surface area (Å²) in [6, 6.07) is 8.00. The lowest BCUT2D eigenvalue weighted by Crippen LogP contribution is -2.04. The lowest BCUT2D eigenvalue weighted by atomic mass is 10.2. The predicted octanol–water partition coefficient (Wildman–Crippen LogP) is 2.80. The molecule has 20 heavy (non-hydrogen) atoms. The van der Waals surface area contributed by atoms with Crippen molar-refractivity contribution < 1.29 is 4.74 Å². The Kier molecular flexibility index (Phi) is 3.10. The summed E-state index contributed by atoms with van der Waals surface area (Å²) in [6.07, 6.45) is 0. The zero-order chi connectivity index (χ0) is 14.3. The molecule has 0 aliphatic rings. The summed E-state index contributed by atoms with van der Waals surface area (Å²) >= 11 is 5.42. The zero-order valence-corrected chi connectivity index (χ0v) is 12.5. The van der Waals surface area contributed by atoms with Crippen LogP contribution in [0.3, 0.4) is 0 Å². The van der Waals surface area contributed by atoms with E-state index < -0.39 is 0 Å². The molecule has 2 heterocycles. The van der Waals surface area contributed by atoms with Crippen LogP contribution >= 0.6 is 12.2 Å². The summed E-state index contributed by atoms with van der Waals surface area (Å²) in [5.41, 5.74) is 4.11. The Morgan fingerprint density at radius 1 is 1.40 bits per heavy atom. The molecule has 6 heteroatoms. The van der Waals surface area contributed by atoms with Crippen molar-refractivity contribution in [3.63, 3.8) is 0 Å². The normalized spacial score (nSPS) is 11.2. The van der Waals surface area contributed by atoms with Crippen molar-refractivity contribution in [1.82, 2.24) is 19.3 Å². The fraction of sp³-hybridized carbons (Fsp3) is 0.286. The first-order valence-corrected chi connectivity index (χ1v) is 6.76. The van der Waals surface area contributed by atoms with E-state index in [9.17, 15) is 0 Å². The predicted molar refractivity (Wildman–Crippen MR) is 80.7 cm³/mol. The number of imidazole rings is 1. The number of nitrogens with zero attached hydrogens (tertiary/aromatic N) is 3. The van der Waals surface area contributed by atoms with Gasteiger partial charge in [0.25, 0.3) is 0 Å². The monoisotopic (exact) mass is 288 g/mol. The minimum atomic E-state index is 0.689. The highest BCUT2D eigenvalue weighted by Crippen LogP contribution is 2.20. The SMILES string of the molecule is COc1cccc(Cn2c(=S)[nH]c3c(C)nn(C)c32)c1. The van der Waals surface area contributed by atoms with Crippen LogP contribution in [-0.2, 0) is 13.6 Å². The smallest absolute Gasteiger partial charge is 0.179 e. The number of aryl methyl sites for hydroxylation is 2. The molecule has 0 bridgehead atoms. The highest BCUT2D eigenvalue weighted by atomic mass is 32.1. The van der Waals surface area contributed by atoms with Gasteiger partial charge in [-0.05, 0) is 36.8 Å². The van der Waals surface area contributed by atoms with Crippen molar-refractivity contribution in [2.24, 2.45) is 7.05 Å². The highest BCUT2D eigenvalue weighted by Gasteiger charge is 2.12. The molecule has 0 saturated heterocycles. The average Bonchev–Trinajstić information content (AvgIpc) is 2.89. The summed E-state index contributed by atoms with van der Waals surface area (Å²) in [7, 11) is 3.60. The van der Waals surface area contributed by atoms with Crippen LogP contribution in [0.25, 0.3) is 11.2 Å². The number of nitrogens with one attached hydrogen (secondary N) is 1. The average molecular weight is 288 g/mol. The summed E-state index contributed by atoms with van der Waals surface area (Å²) in [6.45, 7) is 2.67. The van der Waals surface area contributed by atoms with Gasteiger partial charge in [-0.25, -0.2) is 0 Å². The van der Waals surface area contributed by atoms with Gasteiger partial charge in [0, 0.05) is 7.05 Å². The molecule has 104 valence electrons. The summed E-state index contributed by atoms with van der Waals surface area (Å²) in [4.78, 5) is 3.23. The molecule has 3 rings (SSSR count). The molecule has 0 atom stereocenters. The first kappa shape index (κ1) is 12.9. The van der Waals surface area contributed by atoms with Crippen LogP contribution in [0.5, 0.6) is 5.75 Å². The molecule has 0 saturated carbocycles. The van der Waals surface area contributed by atoms with Crippen molar-refractivity contribution in [2.45, 2.75) is 13.5 Å². The number of hydrogen-bond donors (Lipinski definition) is 1. The van der Waals surface area contributed by atoms with E-state index in [0.717, 1.165) is 28.2 Å². The van der Waals surface area contributed by atoms with Crippen LogP contribution in [0.1, 0.15) is 11.3 Å². The van der Waals surface area contributed by atoms with E-state index >= 15 is 0 Å². The molecular weight excluding hydrogens is 272 g/mol. The quantitative estimate of drug-likeness (QED) is 0.754. The van der Waals surface area contributed by atoms with Gasteiger partial charge in [0.2, 0.25) is 0 Å². The van der Waals surface area contributed by atoms with Gasteiger partial charge in [-0.1, -0.05) is 12.1 Å². The van der Waals surface area contributed by atoms with Gasteiger partial charge < -0.3 is 9.72 Å². The van der Waals surface area contributed by atoms with Crippen molar-refractivity contribution in [3.05, 3.63) is 40.3 Å². The maximum Gasteiger partial charge on any atom is 0.179 e. The van der Waals surface area contributed by atoms with E-state index in [-0.39, 0.29) is 0 Å². The second kappa shape index (κ2) is 4.79. The minimum Gasteiger partial charge on any atom is -0.497 e. The second-order valence-corrected chi connectivity index (χ2v) is 5.16.